The Morgan fingerprint density at radius 2 is 1.12 bits per heavy atom. The Kier molecular flexibility index (Phi) is 7.23. The van der Waals surface area contributed by atoms with Gasteiger partial charge in [0.25, 0.3) is 0 Å². The fourth-order valence-corrected chi connectivity index (χ4v) is 2.98. The van der Waals surface area contributed by atoms with E-state index in [0.29, 0.717) is 0 Å². The molecule has 0 spiro atoms. The van der Waals surface area contributed by atoms with Crippen molar-refractivity contribution in [1.29, 1.82) is 0 Å². The molecule has 0 amide bonds. The zero-order valence-corrected chi connectivity index (χ0v) is 14.8. The van der Waals surface area contributed by atoms with Gasteiger partial charge in [0.15, 0.2) is 0 Å². The maximum Gasteiger partial charge on any atom is 0.124 e. The molecule has 2 aromatic carbocycles. The molecule has 0 bridgehead atoms. The molecule has 0 saturated heterocycles. The fourth-order valence-electron chi connectivity index (χ4n) is 2.98. The van der Waals surface area contributed by atoms with E-state index in [-0.39, 0.29) is 40.7 Å². The topological polar surface area (TPSA) is 65.2 Å². The summed E-state index contributed by atoms with van der Waals surface area (Å²) in [5, 5.41) is 19.7. The predicted molar refractivity (Wildman–Crippen MR) is 97.4 cm³/mol. The van der Waals surface area contributed by atoms with Crippen molar-refractivity contribution < 1.29 is 27.3 Å². The summed E-state index contributed by atoms with van der Waals surface area (Å²) >= 11 is 0. The molecule has 2 N–H and O–H groups in total. The molecule has 4 nitrogen and oxygen atoms in total. The van der Waals surface area contributed by atoms with Gasteiger partial charge in [0, 0.05) is 40.6 Å². The quantitative estimate of drug-likeness (QED) is 0.618. The molecule has 25 heavy (non-hydrogen) atoms. The van der Waals surface area contributed by atoms with Gasteiger partial charge in [-0.1, -0.05) is 37.1 Å². The molecule has 5 heteroatoms. The minimum absolute atomic E-state index is 0. The number of aromatic hydroxyl groups is 2. The van der Waals surface area contributed by atoms with Crippen LogP contribution in [0.15, 0.2) is 58.5 Å². The van der Waals surface area contributed by atoms with Gasteiger partial charge in [-0.05, 0) is 37.1 Å². The van der Waals surface area contributed by atoms with Gasteiger partial charge in [-0.2, -0.15) is 0 Å². The van der Waals surface area contributed by atoms with Crippen LogP contribution in [0.25, 0.3) is 0 Å². The molecular formula is C20H22CuN2O2. The van der Waals surface area contributed by atoms with E-state index in [2.05, 4.69) is 9.98 Å². The van der Waals surface area contributed by atoms with E-state index in [1.165, 1.54) is 0 Å². The fraction of sp³-hybridized carbons (Fsp3) is 0.300. The first kappa shape index (κ1) is 19.2. The van der Waals surface area contributed by atoms with Crippen molar-refractivity contribution in [3.8, 4) is 11.5 Å². The smallest absolute Gasteiger partial charge is 0.124 e. The van der Waals surface area contributed by atoms with Crippen LogP contribution in [-0.2, 0) is 17.1 Å². The first-order valence-electron chi connectivity index (χ1n) is 8.36. The second kappa shape index (κ2) is 9.40. The van der Waals surface area contributed by atoms with E-state index in [0.717, 1.165) is 36.8 Å². The van der Waals surface area contributed by atoms with E-state index >= 15 is 0 Å². The van der Waals surface area contributed by atoms with Gasteiger partial charge in [-0.25, -0.2) is 0 Å². The Bertz CT molecular complexity index is 682. The van der Waals surface area contributed by atoms with E-state index in [1.54, 1.807) is 36.7 Å². The van der Waals surface area contributed by atoms with Crippen molar-refractivity contribution in [2.75, 3.05) is 0 Å². The van der Waals surface area contributed by atoms with E-state index in [4.69, 9.17) is 0 Å². The average molecular weight is 386 g/mol. The van der Waals surface area contributed by atoms with Gasteiger partial charge in [0.2, 0.25) is 0 Å². The van der Waals surface area contributed by atoms with Crippen LogP contribution in [0.3, 0.4) is 0 Å². The van der Waals surface area contributed by atoms with E-state index in [1.807, 2.05) is 24.3 Å². The Hall–Kier alpha value is -2.10. The molecular weight excluding hydrogens is 364 g/mol. The number of hydrogen-bond donors (Lipinski definition) is 2. The normalized spacial score (nSPS) is 20.6. The van der Waals surface area contributed by atoms with Crippen molar-refractivity contribution in [3.63, 3.8) is 0 Å². The molecule has 2 atom stereocenters. The summed E-state index contributed by atoms with van der Waals surface area (Å²) in [4.78, 5) is 9.34. The second-order valence-corrected chi connectivity index (χ2v) is 6.09. The van der Waals surface area contributed by atoms with Crippen molar-refractivity contribution in [2.45, 2.75) is 37.8 Å². The molecule has 1 aliphatic rings. The maximum absolute atomic E-state index is 9.84. The Labute approximate surface area is 158 Å². The summed E-state index contributed by atoms with van der Waals surface area (Å²) in [5.41, 5.74) is 1.46. The average Bonchev–Trinajstić information content (AvgIpc) is 2.61. The number of hydrogen-bond acceptors (Lipinski definition) is 4. The molecule has 1 aliphatic carbocycles. The van der Waals surface area contributed by atoms with Crippen molar-refractivity contribution in [1.82, 2.24) is 0 Å². The van der Waals surface area contributed by atoms with Crippen LogP contribution >= 0.6 is 0 Å². The molecule has 2 unspecified atom stereocenters. The van der Waals surface area contributed by atoms with Crippen LogP contribution in [0.5, 0.6) is 11.5 Å². The van der Waals surface area contributed by atoms with E-state index < -0.39 is 0 Å². The molecule has 0 aliphatic heterocycles. The first-order chi connectivity index (χ1) is 11.7. The molecule has 3 rings (SSSR count). The minimum atomic E-state index is 0. The number of aliphatic imine (C=N–C) groups is 2. The van der Waals surface area contributed by atoms with Gasteiger partial charge in [0.05, 0.1) is 12.1 Å². The summed E-state index contributed by atoms with van der Waals surface area (Å²) in [6.45, 7) is 0. The largest absolute Gasteiger partial charge is 0.507 e. The zero-order chi connectivity index (χ0) is 16.8. The second-order valence-electron chi connectivity index (χ2n) is 6.09. The number of phenols is 2. The number of rotatable bonds is 4. The zero-order valence-electron chi connectivity index (χ0n) is 13.8. The predicted octanol–water partition coefficient (Wildman–Crippen LogP) is 3.94. The van der Waals surface area contributed by atoms with Crippen LogP contribution in [0, 0.1) is 0 Å². The Morgan fingerprint density at radius 3 is 1.52 bits per heavy atom. The van der Waals surface area contributed by atoms with Crippen LogP contribution in [-0.4, -0.2) is 34.7 Å². The van der Waals surface area contributed by atoms with Gasteiger partial charge in [0.1, 0.15) is 11.5 Å². The summed E-state index contributed by atoms with van der Waals surface area (Å²) in [6.07, 6.45) is 7.76. The summed E-state index contributed by atoms with van der Waals surface area (Å²) in [6, 6.07) is 14.6. The van der Waals surface area contributed by atoms with Gasteiger partial charge in [-0.15, -0.1) is 0 Å². The van der Waals surface area contributed by atoms with Crippen LogP contribution < -0.4 is 0 Å². The van der Waals surface area contributed by atoms with E-state index in [9.17, 15) is 10.2 Å². The molecule has 1 fully saturated rings. The van der Waals surface area contributed by atoms with Gasteiger partial charge in [-0.3, -0.25) is 9.98 Å². The monoisotopic (exact) mass is 385 g/mol. The molecule has 135 valence electrons. The third-order valence-electron chi connectivity index (χ3n) is 4.38. The number of nitrogens with zero attached hydrogens (tertiary/aromatic N) is 2. The van der Waals surface area contributed by atoms with Crippen LogP contribution in [0.4, 0.5) is 0 Å². The van der Waals surface area contributed by atoms with Gasteiger partial charge < -0.3 is 10.2 Å². The third-order valence-corrected chi connectivity index (χ3v) is 4.38. The molecule has 0 heterocycles. The van der Waals surface area contributed by atoms with Crippen LogP contribution in [0.2, 0.25) is 0 Å². The number of phenolic OH excluding ortho intramolecular Hbond substituents is 2. The number of benzene rings is 2. The summed E-state index contributed by atoms with van der Waals surface area (Å²) in [7, 11) is 0. The third kappa shape index (κ3) is 5.18. The Morgan fingerprint density at radius 1 is 0.720 bits per heavy atom. The van der Waals surface area contributed by atoms with Crippen molar-refractivity contribution >= 4 is 12.4 Å². The minimum Gasteiger partial charge on any atom is -0.507 e. The maximum atomic E-state index is 9.84. The molecule has 0 aromatic heterocycles. The number of para-hydroxylation sites is 2. The van der Waals surface area contributed by atoms with Crippen molar-refractivity contribution in [2.24, 2.45) is 9.98 Å². The Balaban J connectivity index is 0.00000225. The van der Waals surface area contributed by atoms with Crippen LogP contribution in [0.1, 0.15) is 36.8 Å². The van der Waals surface area contributed by atoms with Crippen molar-refractivity contribution in [3.05, 3.63) is 59.7 Å². The molecule has 1 radical (unpaired) electrons. The standard InChI is InChI=1S/C20H22N2O2.Cu/c23-19-11-5-1-7-15(19)13-21-17-9-3-4-10-18(17)22-14-16-8-2-6-12-20(16)24;/h1-2,5-8,11-14,17-18,23-24H,3-4,9-10H2;. The summed E-state index contributed by atoms with van der Waals surface area (Å²) < 4.78 is 0. The first-order valence-corrected chi connectivity index (χ1v) is 8.36. The SMILES string of the molecule is Oc1ccccc1C=NC1CCCCC1N=Cc1ccccc1O.[Cu]. The summed E-state index contributed by atoms with van der Waals surface area (Å²) in [5.74, 6) is 0.484. The molecule has 1 saturated carbocycles. The van der Waals surface area contributed by atoms with Gasteiger partial charge >= 0.3 is 0 Å². The molecule has 2 aromatic rings.